The predicted molar refractivity (Wildman–Crippen MR) is 144 cm³/mol. The minimum absolute atomic E-state index is 0.0253. The van der Waals surface area contributed by atoms with E-state index in [9.17, 15) is 18.0 Å². The average Bonchev–Trinajstić information content (AvgIpc) is 3.31. The quantitative estimate of drug-likeness (QED) is 0.433. The topological polar surface area (TPSA) is 105 Å². The van der Waals surface area contributed by atoms with E-state index in [0.717, 1.165) is 17.0 Å². The summed E-state index contributed by atoms with van der Waals surface area (Å²) < 4.78 is 37.2. The van der Waals surface area contributed by atoms with E-state index in [1.807, 2.05) is 13.8 Å². The maximum absolute atomic E-state index is 13.7. The summed E-state index contributed by atoms with van der Waals surface area (Å²) in [6.07, 6.45) is 2.05. The molecule has 202 valence electrons. The number of rotatable bonds is 11. The van der Waals surface area contributed by atoms with Gasteiger partial charge in [-0.25, -0.2) is 8.42 Å². The summed E-state index contributed by atoms with van der Waals surface area (Å²) in [5.74, 6) is -0.0114. The molecule has 3 rings (SSSR count). The number of amides is 2. The summed E-state index contributed by atoms with van der Waals surface area (Å²) in [4.78, 5) is 28.3. The lowest BCUT2D eigenvalue weighted by Crippen LogP contribution is -2.53. The number of anilines is 1. The first kappa shape index (κ1) is 28.9. The van der Waals surface area contributed by atoms with Crippen LogP contribution in [0, 0.1) is 0 Å². The highest BCUT2D eigenvalue weighted by Gasteiger charge is 2.32. The molecule has 2 aromatic rings. The molecule has 0 aromatic heterocycles. The largest absolute Gasteiger partial charge is 0.454 e. The summed E-state index contributed by atoms with van der Waals surface area (Å²) in [6, 6.07) is 8.64. The maximum atomic E-state index is 13.7. The summed E-state index contributed by atoms with van der Waals surface area (Å²) in [7, 11) is -3.87. The first-order chi connectivity index (χ1) is 17.4. The van der Waals surface area contributed by atoms with Crippen molar-refractivity contribution in [3.63, 3.8) is 0 Å². The molecule has 0 aliphatic carbocycles. The summed E-state index contributed by atoms with van der Waals surface area (Å²) in [6.45, 7) is 5.15. The molecule has 1 aliphatic heterocycles. The van der Waals surface area contributed by atoms with Crippen molar-refractivity contribution in [2.24, 2.45) is 0 Å². The molecule has 2 aromatic carbocycles. The van der Waals surface area contributed by atoms with Crippen LogP contribution in [0.4, 0.5) is 5.69 Å². The van der Waals surface area contributed by atoms with Crippen molar-refractivity contribution in [1.29, 1.82) is 0 Å². The van der Waals surface area contributed by atoms with Crippen LogP contribution in [0.3, 0.4) is 0 Å². The molecule has 0 saturated carbocycles. The molecule has 9 nitrogen and oxygen atoms in total. The predicted octanol–water partition coefficient (Wildman–Crippen LogP) is 4.21. The lowest BCUT2D eigenvalue weighted by atomic mass is 10.1. The van der Waals surface area contributed by atoms with Gasteiger partial charge in [-0.2, -0.15) is 0 Å². The molecule has 1 N–H and O–H groups in total. The molecule has 2 atom stereocenters. The molecule has 2 amide bonds. The fourth-order valence-electron chi connectivity index (χ4n) is 3.85. The van der Waals surface area contributed by atoms with Gasteiger partial charge >= 0.3 is 0 Å². The first-order valence-corrected chi connectivity index (χ1v) is 14.5. The van der Waals surface area contributed by atoms with Crippen LogP contribution in [0.5, 0.6) is 11.5 Å². The van der Waals surface area contributed by atoms with Crippen molar-refractivity contribution in [1.82, 2.24) is 10.2 Å². The van der Waals surface area contributed by atoms with Gasteiger partial charge in [0.05, 0.1) is 22.0 Å². The molecular weight excluding hydrogens is 541 g/mol. The summed E-state index contributed by atoms with van der Waals surface area (Å²) in [5, 5.41) is 3.59. The first-order valence-electron chi connectivity index (χ1n) is 11.9. The number of nitrogens with one attached hydrogen (secondary N) is 1. The Hall–Kier alpha value is -2.69. The number of sulfonamides is 1. The zero-order chi connectivity index (χ0) is 27.3. The molecule has 12 heteroatoms. The van der Waals surface area contributed by atoms with Crippen LogP contribution in [0.2, 0.25) is 10.0 Å². The van der Waals surface area contributed by atoms with Crippen LogP contribution in [0.15, 0.2) is 36.4 Å². The maximum Gasteiger partial charge on any atom is 0.244 e. The monoisotopic (exact) mass is 571 g/mol. The molecule has 0 unspecified atom stereocenters. The van der Waals surface area contributed by atoms with Gasteiger partial charge < -0.3 is 19.7 Å². The van der Waals surface area contributed by atoms with Gasteiger partial charge in [0.1, 0.15) is 12.6 Å². The molecule has 1 heterocycles. The van der Waals surface area contributed by atoms with Gasteiger partial charge in [-0.1, -0.05) is 43.1 Å². The number of ether oxygens (including phenoxy) is 2. The number of carbonyl (C=O) groups is 2. The van der Waals surface area contributed by atoms with Gasteiger partial charge in [0.2, 0.25) is 28.6 Å². The van der Waals surface area contributed by atoms with Crippen LogP contribution in [-0.2, 0) is 26.2 Å². The molecule has 0 fully saturated rings. The standard InChI is InChI=1S/C25H31Cl2N3O6S/c1-5-16(3)28-25(32)21(6-2)29(13-17-7-9-19(26)20(27)11-17)24(31)14-30(37(4,33)34)18-8-10-22-23(12-18)36-15-35-22/h7-12,16,21H,5-6,13-15H2,1-4H3,(H,28,32)/t16-,21-/m1/s1. The Morgan fingerprint density at radius 1 is 1.03 bits per heavy atom. The Morgan fingerprint density at radius 2 is 1.73 bits per heavy atom. The fourth-order valence-corrected chi connectivity index (χ4v) is 5.01. The minimum atomic E-state index is -3.87. The van der Waals surface area contributed by atoms with Crippen molar-refractivity contribution in [2.45, 2.75) is 52.2 Å². The number of hydrogen-bond acceptors (Lipinski definition) is 6. The highest BCUT2D eigenvalue weighted by Crippen LogP contribution is 2.36. The van der Waals surface area contributed by atoms with Crippen molar-refractivity contribution >= 4 is 50.7 Å². The van der Waals surface area contributed by atoms with Crippen LogP contribution in [0.25, 0.3) is 0 Å². The Kier molecular flexibility index (Phi) is 9.55. The average molecular weight is 573 g/mol. The van der Waals surface area contributed by atoms with Crippen LogP contribution >= 0.6 is 23.2 Å². The van der Waals surface area contributed by atoms with Gasteiger partial charge in [0.15, 0.2) is 11.5 Å². The van der Waals surface area contributed by atoms with E-state index >= 15 is 0 Å². The molecule has 0 radical (unpaired) electrons. The van der Waals surface area contributed by atoms with E-state index in [1.165, 1.54) is 17.0 Å². The van der Waals surface area contributed by atoms with E-state index < -0.39 is 28.5 Å². The van der Waals surface area contributed by atoms with Crippen molar-refractivity contribution in [3.8, 4) is 11.5 Å². The molecular formula is C25H31Cl2N3O6S. The zero-order valence-electron chi connectivity index (χ0n) is 21.2. The molecule has 0 saturated heterocycles. The normalized spacial score (nSPS) is 14.1. The number of halogens is 2. The highest BCUT2D eigenvalue weighted by molar-refractivity contribution is 7.92. The van der Waals surface area contributed by atoms with Crippen LogP contribution in [-0.4, -0.2) is 56.8 Å². The van der Waals surface area contributed by atoms with Crippen LogP contribution in [0.1, 0.15) is 39.2 Å². The van der Waals surface area contributed by atoms with Gasteiger partial charge in [-0.05, 0) is 49.6 Å². The van der Waals surface area contributed by atoms with Crippen molar-refractivity contribution < 1.29 is 27.5 Å². The van der Waals surface area contributed by atoms with Crippen LogP contribution < -0.4 is 19.1 Å². The van der Waals surface area contributed by atoms with E-state index in [0.29, 0.717) is 33.5 Å². The molecule has 0 spiro atoms. The SMILES string of the molecule is CC[C@@H](C)NC(=O)[C@@H](CC)N(Cc1ccc(Cl)c(Cl)c1)C(=O)CN(c1ccc2c(c1)OCO2)S(C)(=O)=O. The minimum Gasteiger partial charge on any atom is -0.454 e. The zero-order valence-corrected chi connectivity index (χ0v) is 23.5. The van der Waals surface area contributed by atoms with Crippen molar-refractivity contribution in [2.75, 3.05) is 23.9 Å². The van der Waals surface area contributed by atoms with E-state index in [2.05, 4.69) is 5.32 Å². The van der Waals surface area contributed by atoms with E-state index in [-0.39, 0.29) is 31.0 Å². The summed E-state index contributed by atoms with van der Waals surface area (Å²) in [5.41, 5.74) is 0.887. The third-order valence-corrected chi connectivity index (χ3v) is 7.93. The number of fused-ring (bicyclic) bond motifs is 1. The second-order valence-electron chi connectivity index (χ2n) is 8.82. The van der Waals surface area contributed by atoms with E-state index in [1.54, 1.807) is 31.2 Å². The second kappa shape index (κ2) is 12.2. The third kappa shape index (κ3) is 7.21. The van der Waals surface area contributed by atoms with Crippen molar-refractivity contribution in [3.05, 3.63) is 52.0 Å². The van der Waals surface area contributed by atoms with Gasteiger partial charge in [0, 0.05) is 18.7 Å². The highest BCUT2D eigenvalue weighted by atomic mass is 35.5. The molecule has 37 heavy (non-hydrogen) atoms. The van der Waals surface area contributed by atoms with Gasteiger partial charge in [0.25, 0.3) is 0 Å². The number of hydrogen-bond donors (Lipinski definition) is 1. The number of benzene rings is 2. The Labute approximate surface area is 227 Å². The second-order valence-corrected chi connectivity index (χ2v) is 11.5. The Morgan fingerprint density at radius 3 is 2.35 bits per heavy atom. The molecule has 1 aliphatic rings. The third-order valence-electron chi connectivity index (χ3n) is 6.05. The lowest BCUT2D eigenvalue weighted by Gasteiger charge is -2.33. The van der Waals surface area contributed by atoms with Gasteiger partial charge in [-0.3, -0.25) is 13.9 Å². The Bertz CT molecular complexity index is 1260. The summed E-state index contributed by atoms with van der Waals surface area (Å²) >= 11 is 12.2. The lowest BCUT2D eigenvalue weighted by molar-refractivity contribution is -0.140. The fraction of sp³-hybridized carbons (Fsp3) is 0.440. The van der Waals surface area contributed by atoms with Gasteiger partial charge in [-0.15, -0.1) is 0 Å². The number of carbonyl (C=O) groups excluding carboxylic acids is 2. The van der Waals surface area contributed by atoms with E-state index in [4.69, 9.17) is 32.7 Å². The Balaban J connectivity index is 1.96. The molecule has 0 bridgehead atoms. The number of nitrogens with zero attached hydrogens (tertiary/aromatic N) is 2. The smallest absolute Gasteiger partial charge is 0.244 e.